The molecule has 1 heterocycles. The van der Waals surface area contributed by atoms with Crippen LogP contribution in [0, 0.1) is 6.92 Å². The SMILES string of the molecule is CCC(Cc1ccc(C)cc1)NCC1(O)CCSCC1. The molecule has 1 saturated heterocycles. The van der Waals surface area contributed by atoms with Crippen molar-refractivity contribution in [2.45, 2.75) is 51.2 Å². The maximum Gasteiger partial charge on any atom is 0.0787 e. The molecule has 1 aromatic rings. The predicted octanol–water partition coefficient (Wildman–Crippen LogP) is 3.16. The monoisotopic (exact) mass is 293 g/mol. The molecule has 2 nitrogen and oxygen atoms in total. The van der Waals surface area contributed by atoms with E-state index in [0.717, 1.165) is 43.7 Å². The quantitative estimate of drug-likeness (QED) is 0.845. The number of rotatable bonds is 6. The van der Waals surface area contributed by atoms with Crippen LogP contribution in [-0.2, 0) is 6.42 Å². The van der Waals surface area contributed by atoms with E-state index in [4.69, 9.17) is 0 Å². The second-order valence-electron chi connectivity index (χ2n) is 6.01. The highest BCUT2D eigenvalue weighted by Gasteiger charge is 2.29. The summed E-state index contributed by atoms with van der Waals surface area (Å²) in [4.78, 5) is 0. The van der Waals surface area contributed by atoms with Crippen LogP contribution in [0.15, 0.2) is 24.3 Å². The molecule has 1 aliphatic rings. The first-order valence-electron chi connectivity index (χ1n) is 7.70. The summed E-state index contributed by atoms with van der Waals surface area (Å²) >= 11 is 1.95. The van der Waals surface area contributed by atoms with Crippen molar-refractivity contribution in [3.63, 3.8) is 0 Å². The van der Waals surface area contributed by atoms with Crippen LogP contribution in [0.5, 0.6) is 0 Å². The van der Waals surface area contributed by atoms with E-state index in [1.807, 2.05) is 11.8 Å². The molecule has 0 radical (unpaired) electrons. The molecule has 3 heteroatoms. The molecule has 0 bridgehead atoms. The first-order valence-corrected chi connectivity index (χ1v) is 8.86. The fourth-order valence-corrected chi connectivity index (χ4v) is 3.88. The Bertz CT molecular complexity index is 398. The number of hydrogen-bond acceptors (Lipinski definition) is 3. The molecular formula is C17H27NOS. The van der Waals surface area contributed by atoms with Gasteiger partial charge in [0.05, 0.1) is 5.60 Å². The highest BCUT2D eigenvalue weighted by atomic mass is 32.2. The Morgan fingerprint density at radius 2 is 1.90 bits per heavy atom. The van der Waals surface area contributed by atoms with Crippen LogP contribution in [0.2, 0.25) is 0 Å². The van der Waals surface area contributed by atoms with Crippen molar-refractivity contribution >= 4 is 11.8 Å². The van der Waals surface area contributed by atoms with Crippen molar-refractivity contribution in [1.82, 2.24) is 5.32 Å². The van der Waals surface area contributed by atoms with Gasteiger partial charge in [0, 0.05) is 12.6 Å². The smallest absolute Gasteiger partial charge is 0.0787 e. The third-order valence-corrected chi connectivity index (χ3v) is 5.22. The van der Waals surface area contributed by atoms with E-state index in [1.54, 1.807) is 0 Å². The summed E-state index contributed by atoms with van der Waals surface area (Å²) in [6, 6.07) is 9.23. The van der Waals surface area contributed by atoms with Crippen LogP contribution in [0.25, 0.3) is 0 Å². The van der Waals surface area contributed by atoms with E-state index < -0.39 is 5.60 Å². The lowest BCUT2D eigenvalue weighted by Gasteiger charge is -2.33. The van der Waals surface area contributed by atoms with Crippen LogP contribution in [0.3, 0.4) is 0 Å². The van der Waals surface area contributed by atoms with Gasteiger partial charge in [-0.15, -0.1) is 0 Å². The molecule has 2 rings (SSSR count). The second kappa shape index (κ2) is 7.48. The van der Waals surface area contributed by atoms with Crippen molar-refractivity contribution in [3.8, 4) is 0 Å². The number of nitrogens with one attached hydrogen (secondary N) is 1. The van der Waals surface area contributed by atoms with E-state index in [1.165, 1.54) is 11.1 Å². The molecule has 0 aromatic heterocycles. The maximum absolute atomic E-state index is 10.5. The van der Waals surface area contributed by atoms with E-state index in [-0.39, 0.29) is 0 Å². The molecule has 1 fully saturated rings. The zero-order valence-electron chi connectivity index (χ0n) is 12.7. The number of hydrogen-bond donors (Lipinski definition) is 2. The molecule has 0 spiro atoms. The average molecular weight is 293 g/mol. The Balaban J connectivity index is 1.84. The largest absolute Gasteiger partial charge is 0.389 e. The first-order chi connectivity index (χ1) is 9.61. The Morgan fingerprint density at radius 1 is 1.25 bits per heavy atom. The van der Waals surface area contributed by atoms with Gasteiger partial charge in [-0.1, -0.05) is 36.8 Å². The molecule has 2 N–H and O–H groups in total. The van der Waals surface area contributed by atoms with Gasteiger partial charge in [0.15, 0.2) is 0 Å². The molecule has 1 aliphatic heterocycles. The summed E-state index contributed by atoms with van der Waals surface area (Å²) in [5.74, 6) is 2.18. The summed E-state index contributed by atoms with van der Waals surface area (Å²) in [6.45, 7) is 5.07. The summed E-state index contributed by atoms with van der Waals surface area (Å²) in [5, 5.41) is 14.1. The lowest BCUT2D eigenvalue weighted by molar-refractivity contribution is 0.0294. The van der Waals surface area contributed by atoms with Gasteiger partial charge in [-0.2, -0.15) is 11.8 Å². The van der Waals surface area contributed by atoms with Gasteiger partial charge >= 0.3 is 0 Å². The van der Waals surface area contributed by atoms with E-state index in [9.17, 15) is 5.11 Å². The Morgan fingerprint density at radius 3 is 2.50 bits per heavy atom. The van der Waals surface area contributed by atoms with Crippen LogP contribution < -0.4 is 5.32 Å². The van der Waals surface area contributed by atoms with Gasteiger partial charge in [0.2, 0.25) is 0 Å². The van der Waals surface area contributed by atoms with Crippen LogP contribution in [-0.4, -0.2) is 34.8 Å². The summed E-state index contributed by atoms with van der Waals surface area (Å²) in [7, 11) is 0. The fraction of sp³-hybridized carbons (Fsp3) is 0.647. The van der Waals surface area contributed by atoms with Crippen LogP contribution in [0.4, 0.5) is 0 Å². The Hall–Kier alpha value is -0.510. The highest BCUT2D eigenvalue weighted by Crippen LogP contribution is 2.26. The van der Waals surface area contributed by atoms with Crippen molar-refractivity contribution in [3.05, 3.63) is 35.4 Å². The van der Waals surface area contributed by atoms with E-state index in [2.05, 4.69) is 43.4 Å². The van der Waals surface area contributed by atoms with Crippen molar-refractivity contribution in [2.75, 3.05) is 18.1 Å². The molecule has 0 amide bonds. The summed E-state index contributed by atoms with van der Waals surface area (Å²) in [5.41, 5.74) is 2.20. The second-order valence-corrected chi connectivity index (χ2v) is 7.24. The highest BCUT2D eigenvalue weighted by molar-refractivity contribution is 7.99. The zero-order valence-corrected chi connectivity index (χ0v) is 13.5. The molecule has 1 unspecified atom stereocenters. The Labute approximate surface area is 127 Å². The average Bonchev–Trinajstić information content (AvgIpc) is 2.46. The normalized spacial score (nSPS) is 19.8. The van der Waals surface area contributed by atoms with Gasteiger partial charge in [-0.25, -0.2) is 0 Å². The minimum absolute atomic E-state index is 0.455. The Kier molecular flexibility index (Phi) is 5.94. The van der Waals surface area contributed by atoms with E-state index >= 15 is 0 Å². The lowest BCUT2D eigenvalue weighted by Crippen LogP contribution is -2.47. The van der Waals surface area contributed by atoms with Crippen molar-refractivity contribution in [2.24, 2.45) is 0 Å². The number of benzene rings is 1. The topological polar surface area (TPSA) is 32.3 Å². The number of aliphatic hydroxyl groups is 1. The van der Waals surface area contributed by atoms with Gasteiger partial charge in [-0.05, 0) is 49.7 Å². The molecule has 20 heavy (non-hydrogen) atoms. The van der Waals surface area contributed by atoms with Crippen molar-refractivity contribution in [1.29, 1.82) is 0 Å². The third kappa shape index (κ3) is 4.80. The molecule has 1 atom stereocenters. The summed E-state index contributed by atoms with van der Waals surface area (Å²) < 4.78 is 0. The summed E-state index contributed by atoms with van der Waals surface area (Å²) in [6.07, 6.45) is 3.98. The number of thioether (sulfide) groups is 1. The molecule has 1 aromatic carbocycles. The molecule has 0 saturated carbocycles. The van der Waals surface area contributed by atoms with Gasteiger partial charge in [0.25, 0.3) is 0 Å². The fourth-order valence-electron chi connectivity index (χ4n) is 2.63. The maximum atomic E-state index is 10.5. The molecular weight excluding hydrogens is 266 g/mol. The predicted molar refractivity (Wildman–Crippen MR) is 88.5 cm³/mol. The third-order valence-electron chi connectivity index (χ3n) is 4.24. The van der Waals surface area contributed by atoms with Crippen LogP contribution in [0.1, 0.15) is 37.3 Å². The molecule has 0 aliphatic carbocycles. The zero-order chi connectivity index (χ0) is 14.4. The number of aryl methyl sites for hydroxylation is 1. The van der Waals surface area contributed by atoms with E-state index in [0.29, 0.717) is 6.04 Å². The first kappa shape index (κ1) is 15.9. The molecule has 112 valence electrons. The standard InChI is InChI=1S/C17H27NOS/c1-3-16(12-15-6-4-14(2)5-7-15)18-13-17(19)8-10-20-11-9-17/h4-7,16,18-19H,3,8-13H2,1-2H3. The van der Waals surface area contributed by atoms with Crippen LogP contribution >= 0.6 is 11.8 Å². The lowest BCUT2D eigenvalue weighted by atomic mass is 9.95. The van der Waals surface area contributed by atoms with Crippen molar-refractivity contribution < 1.29 is 5.11 Å². The minimum Gasteiger partial charge on any atom is -0.389 e. The van der Waals surface area contributed by atoms with Gasteiger partial charge in [0.1, 0.15) is 0 Å². The van der Waals surface area contributed by atoms with Gasteiger partial charge < -0.3 is 10.4 Å². The minimum atomic E-state index is -0.480. The van der Waals surface area contributed by atoms with Gasteiger partial charge in [-0.3, -0.25) is 0 Å².